The van der Waals surface area contributed by atoms with Crippen LogP contribution in [0.2, 0.25) is 0 Å². The number of aryl methyl sites for hydroxylation is 1. The van der Waals surface area contributed by atoms with Gasteiger partial charge in [-0.3, -0.25) is 0 Å². The maximum Gasteiger partial charge on any atom is 0.318 e. The van der Waals surface area contributed by atoms with Crippen molar-refractivity contribution < 1.29 is 9.47 Å². The minimum absolute atomic E-state index is 0.0295. The van der Waals surface area contributed by atoms with Gasteiger partial charge in [0.05, 0.1) is 43.9 Å². The van der Waals surface area contributed by atoms with Gasteiger partial charge in [-0.05, 0) is 69.3 Å². The predicted molar refractivity (Wildman–Crippen MR) is 199 cm³/mol. The van der Waals surface area contributed by atoms with Crippen molar-refractivity contribution in [3.05, 3.63) is 94.5 Å². The Morgan fingerprint density at radius 1 is 1.00 bits per heavy atom. The van der Waals surface area contributed by atoms with Gasteiger partial charge in [0.2, 0.25) is 6.54 Å². The number of piperidine rings is 1. The van der Waals surface area contributed by atoms with E-state index in [-0.39, 0.29) is 12.0 Å². The molecule has 3 aliphatic rings. The van der Waals surface area contributed by atoms with Crippen molar-refractivity contribution >= 4 is 28.3 Å². The highest BCUT2D eigenvalue weighted by atomic mass is 16.5. The molecule has 10 heteroatoms. The van der Waals surface area contributed by atoms with Gasteiger partial charge in [0.25, 0.3) is 0 Å². The first-order chi connectivity index (χ1) is 24.5. The highest BCUT2D eigenvalue weighted by molar-refractivity contribution is 5.97. The van der Waals surface area contributed by atoms with Crippen LogP contribution in [0.15, 0.2) is 70.6 Å². The first kappa shape index (κ1) is 33.5. The minimum atomic E-state index is -0.0295. The summed E-state index contributed by atoms with van der Waals surface area (Å²) >= 11 is 0. The Kier molecular flexibility index (Phi) is 10.2. The third-order valence-electron chi connectivity index (χ3n) is 10.6. The standard InChI is InChI=1S/C40H46N8O2/c1-28-10-7-12-29-13-8-15-36(38(28)29)47-20-17-33-35(25-47)44-40(50-26-32-14-9-19-46(32)3)45-39(33)48-21-18-34(31(24-48)22-41-2)43-27-42-23-30-11-5-6-16-37(30)49-4/h5-8,10-13,15-16,31-32,34H,9,14,17-26H2,1,3-4H3/t31-,32-,34-/m0/s1. The zero-order valence-electron chi connectivity index (χ0n) is 29.4. The van der Waals surface area contributed by atoms with Gasteiger partial charge >= 0.3 is 6.01 Å². The van der Waals surface area contributed by atoms with E-state index >= 15 is 0 Å². The van der Waals surface area contributed by atoms with E-state index in [1.807, 2.05) is 24.3 Å². The zero-order valence-corrected chi connectivity index (χ0v) is 29.4. The van der Waals surface area contributed by atoms with Crippen LogP contribution < -0.4 is 19.3 Å². The van der Waals surface area contributed by atoms with Gasteiger partial charge in [-0.25, -0.2) is 16.6 Å². The normalized spacial score (nSPS) is 20.6. The molecule has 3 atom stereocenters. The Morgan fingerprint density at radius 2 is 1.86 bits per heavy atom. The summed E-state index contributed by atoms with van der Waals surface area (Å²) in [5.41, 5.74) is 5.71. The monoisotopic (exact) mass is 670 g/mol. The van der Waals surface area contributed by atoms with Crippen molar-refractivity contribution in [2.24, 2.45) is 15.9 Å². The SMILES string of the molecule is [C-]#[N+]C[C@H]1CN(c2nc(OC[C@@H]3CCCN3C)nc3c2CCN(c2cccc4cccc(C)c24)C3)CC[C@@H]1N=C=NCc1ccccc1OC. The van der Waals surface area contributed by atoms with E-state index in [1.165, 1.54) is 34.0 Å². The summed E-state index contributed by atoms with van der Waals surface area (Å²) in [6.45, 7) is 15.4. The lowest BCUT2D eigenvalue weighted by Gasteiger charge is -2.38. The number of aliphatic imine (C=N–C) groups is 2. The number of hydrogen-bond acceptors (Lipinski definition) is 9. The van der Waals surface area contributed by atoms with Crippen molar-refractivity contribution in [1.29, 1.82) is 0 Å². The number of ether oxygens (including phenoxy) is 2. The van der Waals surface area contributed by atoms with Crippen molar-refractivity contribution in [1.82, 2.24) is 14.9 Å². The first-order valence-electron chi connectivity index (χ1n) is 17.8. The topological polar surface area (TPSA) is 83.0 Å². The number of rotatable bonds is 10. The Balaban J connectivity index is 1.15. The van der Waals surface area contributed by atoms with Crippen molar-refractivity contribution in [3.8, 4) is 11.8 Å². The maximum atomic E-state index is 7.74. The molecule has 50 heavy (non-hydrogen) atoms. The highest BCUT2D eigenvalue weighted by Gasteiger charge is 2.35. The maximum absolute atomic E-state index is 7.74. The van der Waals surface area contributed by atoms with Crippen LogP contribution in [0, 0.1) is 19.4 Å². The Hall–Kier alpha value is -4.97. The lowest BCUT2D eigenvalue weighted by atomic mass is 9.92. The molecule has 7 rings (SSSR count). The number of likely N-dealkylation sites (N-methyl/N-ethyl adjacent to an activating group) is 1. The Morgan fingerprint density at radius 3 is 2.68 bits per heavy atom. The van der Waals surface area contributed by atoms with Crippen LogP contribution >= 0.6 is 0 Å². The quantitative estimate of drug-likeness (QED) is 0.141. The number of methoxy groups -OCH3 is 1. The smallest absolute Gasteiger partial charge is 0.318 e. The molecule has 0 spiro atoms. The molecule has 0 N–H and O–H groups in total. The van der Waals surface area contributed by atoms with Crippen molar-refractivity contribution in [2.45, 2.75) is 57.8 Å². The molecule has 4 heterocycles. The van der Waals surface area contributed by atoms with Gasteiger partial charge in [-0.2, -0.15) is 9.97 Å². The molecule has 1 aromatic heterocycles. The number of likely N-dealkylation sites (tertiary alicyclic amines) is 1. The molecule has 10 nitrogen and oxygen atoms in total. The third-order valence-corrected chi connectivity index (χ3v) is 10.6. The molecule has 0 saturated carbocycles. The molecule has 2 saturated heterocycles. The Labute approximate surface area is 295 Å². The van der Waals surface area contributed by atoms with E-state index in [0.717, 1.165) is 61.7 Å². The molecular formula is C40H46N8O2. The summed E-state index contributed by atoms with van der Waals surface area (Å²) in [5.74, 6) is 1.79. The second kappa shape index (κ2) is 15.3. The summed E-state index contributed by atoms with van der Waals surface area (Å²) < 4.78 is 11.9. The van der Waals surface area contributed by atoms with E-state index in [1.54, 1.807) is 7.11 Å². The average molecular weight is 671 g/mol. The second-order valence-electron chi connectivity index (χ2n) is 13.7. The number of para-hydroxylation sites is 1. The lowest BCUT2D eigenvalue weighted by Crippen LogP contribution is -2.45. The minimum Gasteiger partial charge on any atom is -0.496 e. The molecule has 0 radical (unpaired) electrons. The molecule has 4 aromatic rings. The summed E-state index contributed by atoms with van der Waals surface area (Å²) in [6, 6.07) is 24.7. The largest absolute Gasteiger partial charge is 0.496 e. The molecule has 3 aliphatic heterocycles. The fraction of sp³-hybridized carbons (Fsp3) is 0.450. The van der Waals surface area contributed by atoms with Crippen LogP contribution in [0.3, 0.4) is 0 Å². The van der Waals surface area contributed by atoms with E-state index in [9.17, 15) is 0 Å². The van der Waals surface area contributed by atoms with Crippen LogP contribution in [-0.4, -0.2) is 86.4 Å². The zero-order chi connectivity index (χ0) is 34.5. The fourth-order valence-corrected chi connectivity index (χ4v) is 7.80. The average Bonchev–Trinajstić information content (AvgIpc) is 3.56. The second-order valence-corrected chi connectivity index (χ2v) is 13.7. The van der Waals surface area contributed by atoms with Crippen LogP contribution in [0.5, 0.6) is 11.8 Å². The Bertz CT molecular complexity index is 1930. The summed E-state index contributed by atoms with van der Waals surface area (Å²) in [4.78, 5) is 30.4. The van der Waals surface area contributed by atoms with E-state index in [0.29, 0.717) is 44.8 Å². The van der Waals surface area contributed by atoms with Gasteiger partial charge in [-0.15, -0.1) is 0 Å². The molecule has 0 amide bonds. The van der Waals surface area contributed by atoms with Crippen molar-refractivity contribution in [2.75, 3.05) is 63.3 Å². The summed E-state index contributed by atoms with van der Waals surface area (Å²) in [5, 5.41) is 2.55. The van der Waals surface area contributed by atoms with Gasteiger partial charge in [0.15, 0.2) is 0 Å². The molecular weight excluding hydrogens is 624 g/mol. The number of hydrogen-bond donors (Lipinski definition) is 0. The molecule has 0 aliphatic carbocycles. The number of fused-ring (bicyclic) bond motifs is 2. The van der Waals surface area contributed by atoms with Gasteiger partial charge in [-0.1, -0.05) is 48.5 Å². The van der Waals surface area contributed by atoms with Crippen LogP contribution in [-0.2, 0) is 19.5 Å². The number of nitrogens with zero attached hydrogens (tertiary/aromatic N) is 8. The lowest BCUT2D eigenvalue weighted by molar-refractivity contribution is 0.187. The first-order valence-corrected chi connectivity index (χ1v) is 17.8. The van der Waals surface area contributed by atoms with Crippen LogP contribution in [0.25, 0.3) is 15.6 Å². The van der Waals surface area contributed by atoms with Gasteiger partial charge in [0.1, 0.15) is 18.2 Å². The van der Waals surface area contributed by atoms with Gasteiger partial charge < -0.3 is 29.0 Å². The van der Waals surface area contributed by atoms with E-state index in [4.69, 9.17) is 31.0 Å². The number of anilines is 2. The summed E-state index contributed by atoms with van der Waals surface area (Å²) in [6.07, 6.45) is 3.93. The molecule has 0 bridgehead atoms. The molecule has 258 valence electrons. The molecule has 3 aromatic carbocycles. The van der Waals surface area contributed by atoms with Crippen LogP contribution in [0.4, 0.5) is 11.5 Å². The summed E-state index contributed by atoms with van der Waals surface area (Å²) in [7, 11) is 3.83. The molecule has 2 fully saturated rings. The number of aromatic nitrogens is 2. The highest BCUT2D eigenvalue weighted by Crippen LogP contribution is 2.36. The van der Waals surface area contributed by atoms with E-state index in [2.05, 4.69) is 80.9 Å². The van der Waals surface area contributed by atoms with E-state index < -0.39 is 0 Å². The third kappa shape index (κ3) is 7.16. The van der Waals surface area contributed by atoms with Crippen molar-refractivity contribution in [3.63, 3.8) is 0 Å². The number of benzene rings is 3. The van der Waals surface area contributed by atoms with Crippen LogP contribution in [0.1, 0.15) is 41.6 Å². The van der Waals surface area contributed by atoms with Gasteiger partial charge in [0, 0.05) is 47.9 Å². The predicted octanol–water partition coefficient (Wildman–Crippen LogP) is 6.47. The fourth-order valence-electron chi connectivity index (χ4n) is 7.80. The molecule has 0 unspecified atom stereocenters.